The van der Waals surface area contributed by atoms with Gasteiger partial charge < -0.3 is 20.1 Å². The fraction of sp³-hybridized carbons (Fsp3) is 0.278. The fourth-order valence-corrected chi connectivity index (χ4v) is 2.61. The number of ether oxygens (including phenoxy) is 2. The molecule has 1 amide bonds. The summed E-state index contributed by atoms with van der Waals surface area (Å²) in [5.41, 5.74) is 1.67. The quantitative estimate of drug-likeness (QED) is 0.729. The van der Waals surface area contributed by atoms with Crippen molar-refractivity contribution in [3.05, 3.63) is 52.0 Å². The van der Waals surface area contributed by atoms with Gasteiger partial charge >= 0.3 is 0 Å². The summed E-state index contributed by atoms with van der Waals surface area (Å²) in [5.74, 6) is 1.22. The normalized spacial score (nSPS) is 10.2. The van der Waals surface area contributed by atoms with Crippen molar-refractivity contribution in [1.82, 2.24) is 5.32 Å². The molecule has 0 aliphatic heterocycles. The molecule has 7 heteroatoms. The molecule has 5 nitrogen and oxygen atoms in total. The van der Waals surface area contributed by atoms with Gasteiger partial charge in [0.05, 0.1) is 31.5 Å². The van der Waals surface area contributed by atoms with Crippen LogP contribution in [0.2, 0.25) is 10.0 Å². The van der Waals surface area contributed by atoms with E-state index < -0.39 is 0 Å². The first kappa shape index (κ1) is 19.2. The summed E-state index contributed by atoms with van der Waals surface area (Å²) >= 11 is 12.0. The topological polar surface area (TPSA) is 59.6 Å². The van der Waals surface area contributed by atoms with Crippen LogP contribution in [0, 0.1) is 0 Å². The largest absolute Gasteiger partial charge is 0.493 e. The van der Waals surface area contributed by atoms with Crippen LogP contribution in [0.4, 0.5) is 5.69 Å². The number of amides is 1. The highest BCUT2D eigenvalue weighted by molar-refractivity contribution is 6.35. The first-order valence-electron chi connectivity index (χ1n) is 7.70. The lowest BCUT2D eigenvalue weighted by Crippen LogP contribution is -2.31. The number of carbonyl (C=O) groups excluding carboxylic acids is 1. The summed E-state index contributed by atoms with van der Waals surface area (Å²) in [5, 5.41) is 6.90. The molecular formula is C18H20Cl2N2O3. The van der Waals surface area contributed by atoms with Crippen LogP contribution in [-0.4, -0.2) is 33.2 Å². The number of halogens is 2. The lowest BCUT2D eigenvalue weighted by molar-refractivity contribution is -0.119. The van der Waals surface area contributed by atoms with Gasteiger partial charge in [-0.15, -0.1) is 0 Å². The Morgan fingerprint density at radius 2 is 1.80 bits per heavy atom. The molecule has 0 spiro atoms. The monoisotopic (exact) mass is 382 g/mol. The average Bonchev–Trinajstić information content (AvgIpc) is 2.62. The third kappa shape index (κ3) is 5.73. The number of nitrogens with one attached hydrogen (secondary N) is 2. The van der Waals surface area contributed by atoms with Crippen LogP contribution in [0.25, 0.3) is 0 Å². The Hall–Kier alpha value is -2.11. The van der Waals surface area contributed by atoms with Gasteiger partial charge in [0.25, 0.3) is 0 Å². The van der Waals surface area contributed by atoms with Crippen molar-refractivity contribution in [2.45, 2.75) is 6.42 Å². The summed E-state index contributed by atoms with van der Waals surface area (Å²) in [6.07, 6.45) is 0.685. The molecule has 2 aromatic carbocycles. The summed E-state index contributed by atoms with van der Waals surface area (Å²) in [7, 11) is 3.19. The van der Waals surface area contributed by atoms with E-state index >= 15 is 0 Å². The molecule has 0 fully saturated rings. The lowest BCUT2D eigenvalue weighted by Gasteiger charge is -2.11. The van der Waals surface area contributed by atoms with Crippen LogP contribution in [0.1, 0.15) is 5.56 Å². The van der Waals surface area contributed by atoms with Crippen molar-refractivity contribution in [3.63, 3.8) is 0 Å². The molecule has 0 aromatic heterocycles. The predicted molar refractivity (Wildman–Crippen MR) is 101 cm³/mol. The van der Waals surface area contributed by atoms with Gasteiger partial charge in [0.15, 0.2) is 11.5 Å². The highest BCUT2D eigenvalue weighted by atomic mass is 35.5. The van der Waals surface area contributed by atoms with Gasteiger partial charge in [0.1, 0.15) is 0 Å². The summed E-state index contributed by atoms with van der Waals surface area (Å²) in [6, 6.07) is 10.7. The third-order valence-corrected chi connectivity index (χ3v) is 4.12. The molecule has 0 saturated carbocycles. The number of benzene rings is 2. The second-order valence-electron chi connectivity index (χ2n) is 5.27. The summed E-state index contributed by atoms with van der Waals surface area (Å²) < 4.78 is 10.5. The average molecular weight is 383 g/mol. The van der Waals surface area contributed by atoms with Crippen LogP contribution < -0.4 is 20.1 Å². The van der Waals surface area contributed by atoms with E-state index in [-0.39, 0.29) is 12.5 Å². The van der Waals surface area contributed by atoms with Crippen LogP contribution in [-0.2, 0) is 11.2 Å². The molecule has 2 rings (SSSR count). The molecule has 25 heavy (non-hydrogen) atoms. The van der Waals surface area contributed by atoms with E-state index in [1.165, 1.54) is 0 Å². The van der Waals surface area contributed by atoms with E-state index in [1.807, 2.05) is 18.2 Å². The lowest BCUT2D eigenvalue weighted by atomic mass is 10.1. The number of hydrogen-bond acceptors (Lipinski definition) is 4. The zero-order valence-corrected chi connectivity index (χ0v) is 15.6. The SMILES string of the molecule is COc1ccc(CCNC(=O)CNc2cc(Cl)ccc2Cl)cc1OC. The fourth-order valence-electron chi connectivity index (χ4n) is 2.25. The molecule has 0 heterocycles. The molecule has 134 valence electrons. The van der Waals surface area contributed by atoms with E-state index in [4.69, 9.17) is 32.7 Å². The second kappa shape index (κ2) is 9.39. The molecule has 0 aliphatic carbocycles. The molecule has 2 aromatic rings. The smallest absolute Gasteiger partial charge is 0.239 e. The van der Waals surface area contributed by atoms with Crippen molar-refractivity contribution in [2.75, 3.05) is 32.6 Å². The predicted octanol–water partition coefficient (Wildman–Crippen LogP) is 3.78. The van der Waals surface area contributed by atoms with Gasteiger partial charge in [-0.2, -0.15) is 0 Å². The van der Waals surface area contributed by atoms with Gasteiger partial charge in [-0.05, 0) is 42.3 Å². The standard InChI is InChI=1S/C18H20Cl2N2O3/c1-24-16-6-3-12(9-17(16)25-2)7-8-21-18(23)11-22-15-10-13(19)4-5-14(15)20/h3-6,9-10,22H,7-8,11H2,1-2H3,(H,21,23). The Bertz CT molecular complexity index is 738. The minimum atomic E-state index is -0.128. The molecule has 0 aliphatic rings. The van der Waals surface area contributed by atoms with E-state index in [1.54, 1.807) is 32.4 Å². The Morgan fingerprint density at radius 1 is 1.04 bits per heavy atom. The molecular weight excluding hydrogens is 363 g/mol. The minimum absolute atomic E-state index is 0.117. The third-order valence-electron chi connectivity index (χ3n) is 3.55. The molecule has 0 saturated heterocycles. The highest BCUT2D eigenvalue weighted by Gasteiger charge is 2.07. The first-order chi connectivity index (χ1) is 12.0. The summed E-state index contributed by atoms with van der Waals surface area (Å²) in [6.45, 7) is 0.630. The van der Waals surface area contributed by atoms with Crippen LogP contribution in [0.15, 0.2) is 36.4 Å². The molecule has 0 bridgehead atoms. The van der Waals surface area contributed by atoms with Gasteiger partial charge in [-0.3, -0.25) is 4.79 Å². The number of hydrogen-bond donors (Lipinski definition) is 2. The summed E-state index contributed by atoms with van der Waals surface area (Å²) in [4.78, 5) is 11.9. The Balaban J connectivity index is 1.79. The number of carbonyl (C=O) groups is 1. The van der Waals surface area contributed by atoms with Gasteiger partial charge in [0, 0.05) is 11.6 Å². The van der Waals surface area contributed by atoms with Crippen molar-refractivity contribution in [3.8, 4) is 11.5 Å². The van der Waals surface area contributed by atoms with E-state index in [0.29, 0.717) is 40.2 Å². The van der Waals surface area contributed by atoms with Crippen LogP contribution >= 0.6 is 23.2 Å². The van der Waals surface area contributed by atoms with Crippen molar-refractivity contribution in [2.24, 2.45) is 0 Å². The number of rotatable bonds is 8. The Labute approximate surface area is 157 Å². The molecule has 0 radical (unpaired) electrons. The van der Waals surface area contributed by atoms with Gasteiger partial charge in [0.2, 0.25) is 5.91 Å². The minimum Gasteiger partial charge on any atom is -0.493 e. The molecule has 0 atom stereocenters. The first-order valence-corrected chi connectivity index (χ1v) is 8.45. The van der Waals surface area contributed by atoms with Crippen molar-refractivity contribution >= 4 is 34.8 Å². The maximum Gasteiger partial charge on any atom is 0.239 e. The maximum absolute atomic E-state index is 11.9. The highest BCUT2D eigenvalue weighted by Crippen LogP contribution is 2.27. The maximum atomic E-state index is 11.9. The van der Waals surface area contributed by atoms with Crippen molar-refractivity contribution in [1.29, 1.82) is 0 Å². The van der Waals surface area contributed by atoms with E-state index in [2.05, 4.69) is 10.6 Å². The zero-order chi connectivity index (χ0) is 18.2. The van der Waals surface area contributed by atoms with Crippen LogP contribution in [0.3, 0.4) is 0 Å². The number of anilines is 1. The number of methoxy groups -OCH3 is 2. The van der Waals surface area contributed by atoms with Gasteiger partial charge in [-0.25, -0.2) is 0 Å². The molecule has 0 unspecified atom stereocenters. The Morgan fingerprint density at radius 3 is 2.52 bits per heavy atom. The van der Waals surface area contributed by atoms with E-state index in [9.17, 15) is 4.79 Å². The van der Waals surface area contributed by atoms with Gasteiger partial charge in [-0.1, -0.05) is 29.3 Å². The molecule has 2 N–H and O–H groups in total. The second-order valence-corrected chi connectivity index (χ2v) is 6.11. The van der Waals surface area contributed by atoms with E-state index in [0.717, 1.165) is 5.56 Å². The van der Waals surface area contributed by atoms with Crippen molar-refractivity contribution < 1.29 is 14.3 Å². The zero-order valence-electron chi connectivity index (χ0n) is 14.1. The Kier molecular flexibility index (Phi) is 7.22. The van der Waals surface area contributed by atoms with Crippen LogP contribution in [0.5, 0.6) is 11.5 Å².